The molecular weight excluding hydrogens is 268 g/mol. The molecule has 1 aliphatic carbocycles. The Morgan fingerprint density at radius 2 is 2.05 bits per heavy atom. The van der Waals surface area contributed by atoms with Crippen LogP contribution in [0, 0.1) is 12.8 Å². The van der Waals surface area contributed by atoms with Crippen LogP contribution in [-0.4, -0.2) is 6.04 Å². The smallest absolute Gasteiger partial charge is 0.0441 e. The Hall–Kier alpha value is -0.570. The number of nitrogens with one attached hydrogen (secondary N) is 1. The molecule has 0 saturated heterocycles. The Labute approximate surface area is 128 Å². The van der Waals surface area contributed by atoms with Gasteiger partial charge in [0.1, 0.15) is 0 Å². The Morgan fingerprint density at radius 3 is 2.70 bits per heavy atom. The first kappa shape index (κ1) is 15.8. The summed E-state index contributed by atoms with van der Waals surface area (Å²) in [5.41, 5.74) is 5.38. The lowest BCUT2D eigenvalue weighted by atomic mass is 9.84. The van der Waals surface area contributed by atoms with Gasteiger partial charge in [0.2, 0.25) is 0 Å². The lowest BCUT2D eigenvalue weighted by Crippen LogP contribution is -2.37. The van der Waals surface area contributed by atoms with Crippen LogP contribution in [0.2, 0.25) is 5.02 Å². The molecule has 0 spiro atoms. The van der Waals surface area contributed by atoms with Gasteiger partial charge in [0, 0.05) is 11.1 Å². The molecule has 3 N–H and O–H groups in total. The first-order valence-corrected chi connectivity index (χ1v) is 8.28. The molecule has 1 unspecified atom stereocenters. The topological polar surface area (TPSA) is 38.0 Å². The third kappa shape index (κ3) is 4.76. The van der Waals surface area contributed by atoms with E-state index in [-0.39, 0.29) is 0 Å². The molecule has 20 heavy (non-hydrogen) atoms. The summed E-state index contributed by atoms with van der Waals surface area (Å²) in [4.78, 5) is 0. The highest BCUT2D eigenvalue weighted by Crippen LogP contribution is 2.28. The highest BCUT2D eigenvalue weighted by atomic mass is 35.5. The molecule has 2 nitrogen and oxygen atoms in total. The summed E-state index contributed by atoms with van der Waals surface area (Å²) in [6.45, 7) is 2.07. The van der Waals surface area contributed by atoms with Crippen LogP contribution in [0.3, 0.4) is 0 Å². The van der Waals surface area contributed by atoms with Crippen LogP contribution in [0.1, 0.15) is 56.1 Å². The second kappa shape index (κ2) is 8.02. The van der Waals surface area contributed by atoms with Crippen molar-refractivity contribution in [2.24, 2.45) is 11.8 Å². The molecule has 0 aromatic heterocycles. The summed E-state index contributed by atoms with van der Waals surface area (Å²) in [6.07, 6.45) is 10.4. The van der Waals surface area contributed by atoms with Crippen LogP contribution in [-0.2, 0) is 6.42 Å². The van der Waals surface area contributed by atoms with Crippen LogP contribution >= 0.6 is 11.6 Å². The Morgan fingerprint density at radius 1 is 1.30 bits per heavy atom. The number of nitrogens with two attached hydrogens (primary N) is 1. The molecule has 0 aliphatic heterocycles. The van der Waals surface area contributed by atoms with Gasteiger partial charge in [0.25, 0.3) is 0 Å². The van der Waals surface area contributed by atoms with Crippen LogP contribution in [0.5, 0.6) is 0 Å². The number of hydrogen-bond donors (Lipinski definition) is 2. The van der Waals surface area contributed by atoms with Crippen LogP contribution in [0.4, 0.5) is 0 Å². The monoisotopic (exact) mass is 294 g/mol. The normalized spacial score (nSPS) is 18.1. The Kier molecular flexibility index (Phi) is 6.34. The van der Waals surface area contributed by atoms with Gasteiger partial charge in [-0.1, -0.05) is 55.8 Å². The van der Waals surface area contributed by atoms with Crippen molar-refractivity contribution in [3.63, 3.8) is 0 Å². The zero-order chi connectivity index (χ0) is 14.4. The first-order chi connectivity index (χ1) is 9.69. The van der Waals surface area contributed by atoms with Crippen molar-refractivity contribution < 1.29 is 0 Å². The van der Waals surface area contributed by atoms with Gasteiger partial charge in [-0.05, 0) is 49.3 Å². The summed E-state index contributed by atoms with van der Waals surface area (Å²) in [7, 11) is 0. The van der Waals surface area contributed by atoms with Gasteiger partial charge in [-0.2, -0.15) is 0 Å². The second-order valence-electron chi connectivity index (χ2n) is 6.24. The third-order valence-corrected chi connectivity index (χ3v) is 4.91. The minimum atomic E-state index is 0.331. The van der Waals surface area contributed by atoms with Gasteiger partial charge in [-0.15, -0.1) is 0 Å². The fraction of sp³-hybridized carbons (Fsp3) is 0.647. The van der Waals surface area contributed by atoms with Crippen molar-refractivity contribution >= 4 is 11.6 Å². The number of hydrazine groups is 1. The van der Waals surface area contributed by atoms with Gasteiger partial charge >= 0.3 is 0 Å². The molecule has 1 aromatic rings. The molecule has 1 aromatic carbocycles. The maximum Gasteiger partial charge on any atom is 0.0441 e. The molecule has 112 valence electrons. The average Bonchev–Trinajstić information content (AvgIpc) is 2.46. The van der Waals surface area contributed by atoms with Crippen LogP contribution < -0.4 is 11.3 Å². The quantitative estimate of drug-likeness (QED) is 0.603. The summed E-state index contributed by atoms with van der Waals surface area (Å²) >= 11 is 6.31. The fourth-order valence-electron chi connectivity index (χ4n) is 3.24. The molecule has 3 heteroatoms. The Balaban J connectivity index is 1.84. The van der Waals surface area contributed by atoms with Crippen molar-refractivity contribution in [2.75, 3.05) is 0 Å². The largest absolute Gasteiger partial charge is 0.271 e. The minimum Gasteiger partial charge on any atom is -0.271 e. The SMILES string of the molecule is Cc1ccc(CC(CCC2CCCCC2)NN)c(Cl)c1. The van der Waals surface area contributed by atoms with Gasteiger partial charge < -0.3 is 0 Å². The fourth-order valence-corrected chi connectivity index (χ4v) is 3.55. The first-order valence-electron chi connectivity index (χ1n) is 7.90. The molecule has 1 fully saturated rings. The molecule has 0 heterocycles. The van der Waals surface area contributed by atoms with Crippen molar-refractivity contribution in [2.45, 2.75) is 64.3 Å². The van der Waals surface area contributed by atoms with E-state index in [1.807, 2.05) is 6.07 Å². The van der Waals surface area contributed by atoms with E-state index in [0.717, 1.165) is 23.8 Å². The molecule has 0 bridgehead atoms. The molecule has 1 atom stereocenters. The van der Waals surface area contributed by atoms with E-state index in [0.29, 0.717) is 6.04 Å². The second-order valence-corrected chi connectivity index (χ2v) is 6.65. The lowest BCUT2D eigenvalue weighted by molar-refractivity contribution is 0.313. The van der Waals surface area contributed by atoms with E-state index in [9.17, 15) is 0 Å². The molecule has 0 amide bonds. The third-order valence-electron chi connectivity index (χ3n) is 4.56. The molecular formula is C17H27ClN2. The molecule has 1 saturated carbocycles. The van der Waals surface area contributed by atoms with Crippen LogP contribution in [0.25, 0.3) is 0 Å². The maximum absolute atomic E-state index is 6.31. The van der Waals surface area contributed by atoms with Crippen LogP contribution in [0.15, 0.2) is 18.2 Å². The number of halogens is 1. The highest BCUT2D eigenvalue weighted by Gasteiger charge is 2.16. The molecule has 1 aliphatic rings. The standard InChI is InChI=1S/C17H27ClN2/c1-13-7-9-15(17(18)11-13)12-16(20-19)10-8-14-5-3-2-4-6-14/h7,9,11,14,16,20H,2-6,8,10,12,19H2,1H3. The van der Waals surface area contributed by atoms with Gasteiger partial charge in [0.05, 0.1) is 0 Å². The van der Waals surface area contributed by atoms with Crippen molar-refractivity contribution in [3.8, 4) is 0 Å². The van der Waals surface area contributed by atoms with Gasteiger partial charge in [-0.3, -0.25) is 11.3 Å². The summed E-state index contributed by atoms with van der Waals surface area (Å²) in [6, 6.07) is 6.61. The zero-order valence-electron chi connectivity index (χ0n) is 12.5. The summed E-state index contributed by atoms with van der Waals surface area (Å²) in [5.74, 6) is 6.63. The minimum absolute atomic E-state index is 0.331. The number of hydrogen-bond acceptors (Lipinski definition) is 2. The predicted molar refractivity (Wildman–Crippen MR) is 86.8 cm³/mol. The van der Waals surface area contributed by atoms with E-state index >= 15 is 0 Å². The lowest BCUT2D eigenvalue weighted by Gasteiger charge is -2.24. The average molecular weight is 295 g/mol. The highest BCUT2D eigenvalue weighted by molar-refractivity contribution is 6.31. The van der Waals surface area contributed by atoms with E-state index in [1.54, 1.807) is 0 Å². The molecule has 2 rings (SSSR count). The van der Waals surface area contributed by atoms with Crippen molar-refractivity contribution in [1.82, 2.24) is 5.43 Å². The van der Waals surface area contributed by atoms with Crippen molar-refractivity contribution in [1.29, 1.82) is 0 Å². The summed E-state index contributed by atoms with van der Waals surface area (Å²) < 4.78 is 0. The predicted octanol–water partition coefficient (Wildman–Crippen LogP) is 4.38. The van der Waals surface area contributed by atoms with Crippen molar-refractivity contribution in [3.05, 3.63) is 34.3 Å². The maximum atomic E-state index is 6.31. The zero-order valence-corrected chi connectivity index (χ0v) is 13.3. The summed E-state index contributed by atoms with van der Waals surface area (Å²) in [5, 5.41) is 0.864. The van der Waals surface area contributed by atoms with E-state index < -0.39 is 0 Å². The van der Waals surface area contributed by atoms with Gasteiger partial charge in [-0.25, -0.2) is 0 Å². The van der Waals surface area contributed by atoms with E-state index in [1.165, 1.54) is 49.7 Å². The van der Waals surface area contributed by atoms with E-state index in [2.05, 4.69) is 24.5 Å². The number of benzene rings is 1. The molecule has 0 radical (unpaired) electrons. The van der Waals surface area contributed by atoms with Gasteiger partial charge in [0.15, 0.2) is 0 Å². The van der Waals surface area contributed by atoms with E-state index in [4.69, 9.17) is 17.4 Å². The number of rotatable bonds is 6. The number of aryl methyl sites for hydroxylation is 1. The Bertz CT molecular complexity index is 413.